The normalized spacial score (nSPS) is 12.9. The van der Waals surface area contributed by atoms with E-state index in [1.807, 2.05) is 0 Å². The number of hydrogen-bond acceptors (Lipinski definition) is 4. The molecule has 0 aliphatic heterocycles. The van der Waals surface area contributed by atoms with Crippen LogP contribution in [0.4, 0.5) is 0 Å². The molecule has 0 bridgehead atoms. The maximum atomic E-state index is 9.69. The van der Waals surface area contributed by atoms with E-state index in [0.717, 1.165) is 5.69 Å². The van der Waals surface area contributed by atoms with E-state index in [0.29, 0.717) is 5.56 Å². The average Bonchev–Trinajstić information content (AvgIpc) is 2.27. The van der Waals surface area contributed by atoms with Gasteiger partial charge in [-0.3, -0.25) is 9.82 Å². The SMILES string of the molecule is C=Cc1ccc(C(O)N(C)OC)cn1. The van der Waals surface area contributed by atoms with Crippen LogP contribution in [0.3, 0.4) is 0 Å². The van der Waals surface area contributed by atoms with Gasteiger partial charge in [-0.25, -0.2) is 0 Å². The minimum atomic E-state index is -0.800. The Hall–Kier alpha value is -1.23. The molecule has 1 atom stereocenters. The molecule has 1 heterocycles. The molecule has 0 saturated carbocycles. The molecule has 0 spiro atoms. The topological polar surface area (TPSA) is 45.6 Å². The third kappa shape index (κ3) is 2.38. The van der Waals surface area contributed by atoms with Crippen molar-refractivity contribution in [3.63, 3.8) is 0 Å². The second-order valence-electron chi connectivity index (χ2n) is 2.82. The molecule has 1 aromatic heterocycles. The van der Waals surface area contributed by atoms with Gasteiger partial charge in [-0.15, -0.1) is 0 Å². The summed E-state index contributed by atoms with van der Waals surface area (Å²) in [6.07, 6.45) is 2.44. The summed E-state index contributed by atoms with van der Waals surface area (Å²) in [5, 5.41) is 11.0. The van der Waals surface area contributed by atoms with Crippen molar-refractivity contribution in [2.45, 2.75) is 6.23 Å². The molecule has 4 nitrogen and oxygen atoms in total. The van der Waals surface area contributed by atoms with Gasteiger partial charge in [0.1, 0.15) is 0 Å². The Morgan fingerprint density at radius 3 is 2.79 bits per heavy atom. The highest BCUT2D eigenvalue weighted by Gasteiger charge is 2.12. The van der Waals surface area contributed by atoms with E-state index < -0.39 is 6.23 Å². The van der Waals surface area contributed by atoms with Crippen molar-refractivity contribution in [2.75, 3.05) is 14.2 Å². The molecule has 1 unspecified atom stereocenters. The number of aliphatic hydroxyl groups is 1. The maximum absolute atomic E-state index is 9.69. The highest BCUT2D eigenvalue weighted by molar-refractivity contribution is 5.41. The molecule has 0 radical (unpaired) electrons. The number of aliphatic hydroxyl groups excluding tert-OH is 1. The lowest BCUT2D eigenvalue weighted by Crippen LogP contribution is -2.23. The smallest absolute Gasteiger partial charge is 0.156 e. The van der Waals surface area contributed by atoms with Gasteiger partial charge in [0.25, 0.3) is 0 Å². The minimum absolute atomic E-state index is 0.681. The van der Waals surface area contributed by atoms with Crippen molar-refractivity contribution < 1.29 is 9.94 Å². The zero-order valence-corrected chi connectivity index (χ0v) is 8.34. The van der Waals surface area contributed by atoms with E-state index in [1.54, 1.807) is 31.5 Å². The van der Waals surface area contributed by atoms with E-state index >= 15 is 0 Å². The largest absolute Gasteiger partial charge is 0.372 e. The van der Waals surface area contributed by atoms with Crippen LogP contribution in [0, 0.1) is 0 Å². The summed E-state index contributed by atoms with van der Waals surface area (Å²) < 4.78 is 0. The van der Waals surface area contributed by atoms with Crippen LogP contribution >= 0.6 is 0 Å². The van der Waals surface area contributed by atoms with Crippen LogP contribution in [-0.2, 0) is 4.84 Å². The Kier molecular flexibility index (Phi) is 3.76. The van der Waals surface area contributed by atoms with Crippen LogP contribution in [0.1, 0.15) is 17.5 Å². The molecular formula is C10H14N2O2. The van der Waals surface area contributed by atoms with Crippen molar-refractivity contribution in [3.8, 4) is 0 Å². The first-order valence-electron chi connectivity index (χ1n) is 4.22. The molecule has 1 N–H and O–H groups in total. The van der Waals surface area contributed by atoms with Crippen LogP contribution in [0.25, 0.3) is 6.08 Å². The zero-order valence-electron chi connectivity index (χ0n) is 8.34. The lowest BCUT2D eigenvalue weighted by Gasteiger charge is -2.20. The average molecular weight is 194 g/mol. The molecule has 1 rings (SSSR count). The number of pyridine rings is 1. The van der Waals surface area contributed by atoms with Crippen LogP contribution in [0.5, 0.6) is 0 Å². The standard InChI is InChI=1S/C10H14N2O2/c1-4-9-6-5-8(7-11-9)10(13)12(2)14-3/h4-7,10,13H,1H2,2-3H3. The van der Waals surface area contributed by atoms with Crippen LogP contribution in [-0.4, -0.2) is 29.3 Å². The number of hydroxylamine groups is 2. The summed E-state index contributed by atoms with van der Waals surface area (Å²) in [6, 6.07) is 3.57. The van der Waals surface area contributed by atoms with E-state index in [1.165, 1.54) is 12.2 Å². The van der Waals surface area contributed by atoms with Gasteiger partial charge in [0.2, 0.25) is 0 Å². The van der Waals surface area contributed by atoms with Gasteiger partial charge in [-0.05, 0) is 12.1 Å². The van der Waals surface area contributed by atoms with Crippen molar-refractivity contribution in [3.05, 3.63) is 36.2 Å². The summed E-state index contributed by atoms with van der Waals surface area (Å²) in [4.78, 5) is 8.93. The molecule has 14 heavy (non-hydrogen) atoms. The van der Waals surface area contributed by atoms with Gasteiger partial charge in [0, 0.05) is 18.8 Å². The first-order valence-corrected chi connectivity index (χ1v) is 4.22. The Morgan fingerprint density at radius 2 is 2.36 bits per heavy atom. The molecular weight excluding hydrogens is 180 g/mol. The van der Waals surface area contributed by atoms with Crippen molar-refractivity contribution >= 4 is 6.08 Å². The molecule has 4 heteroatoms. The lowest BCUT2D eigenvalue weighted by atomic mass is 10.2. The summed E-state index contributed by atoms with van der Waals surface area (Å²) in [7, 11) is 3.14. The molecule has 1 aromatic rings. The van der Waals surface area contributed by atoms with Crippen molar-refractivity contribution in [2.24, 2.45) is 0 Å². The quantitative estimate of drug-likeness (QED) is 0.578. The number of hydrogen-bond donors (Lipinski definition) is 1. The molecule has 0 aliphatic rings. The van der Waals surface area contributed by atoms with Crippen molar-refractivity contribution in [1.29, 1.82) is 0 Å². The van der Waals surface area contributed by atoms with Gasteiger partial charge < -0.3 is 5.11 Å². The van der Waals surface area contributed by atoms with E-state index in [2.05, 4.69) is 11.6 Å². The fraction of sp³-hybridized carbons (Fsp3) is 0.300. The Labute approximate surface area is 83.4 Å². The molecule has 76 valence electrons. The lowest BCUT2D eigenvalue weighted by molar-refractivity contribution is -0.206. The third-order valence-corrected chi connectivity index (χ3v) is 1.95. The fourth-order valence-corrected chi connectivity index (χ4v) is 1.000. The van der Waals surface area contributed by atoms with Gasteiger partial charge in [-0.2, -0.15) is 5.06 Å². The summed E-state index contributed by atoms with van der Waals surface area (Å²) >= 11 is 0. The van der Waals surface area contributed by atoms with Crippen LogP contribution in [0.15, 0.2) is 24.9 Å². The van der Waals surface area contributed by atoms with Crippen molar-refractivity contribution in [1.82, 2.24) is 10.0 Å². The predicted molar refractivity (Wildman–Crippen MR) is 54.1 cm³/mol. The molecule has 0 aliphatic carbocycles. The predicted octanol–water partition coefficient (Wildman–Crippen LogP) is 1.21. The molecule has 0 fully saturated rings. The molecule has 0 aromatic carbocycles. The first-order chi connectivity index (χ1) is 6.69. The summed E-state index contributed by atoms with van der Waals surface area (Å²) in [5.41, 5.74) is 1.46. The number of aromatic nitrogens is 1. The van der Waals surface area contributed by atoms with Gasteiger partial charge in [0.15, 0.2) is 6.23 Å². The molecule has 0 saturated heterocycles. The van der Waals surface area contributed by atoms with E-state index in [4.69, 9.17) is 4.84 Å². The Balaban J connectivity index is 2.80. The second-order valence-corrected chi connectivity index (χ2v) is 2.82. The highest BCUT2D eigenvalue weighted by Crippen LogP contribution is 2.15. The maximum Gasteiger partial charge on any atom is 0.156 e. The third-order valence-electron chi connectivity index (χ3n) is 1.95. The van der Waals surface area contributed by atoms with Gasteiger partial charge in [0.05, 0.1) is 12.8 Å². The fourth-order valence-electron chi connectivity index (χ4n) is 1.000. The van der Waals surface area contributed by atoms with E-state index in [-0.39, 0.29) is 0 Å². The van der Waals surface area contributed by atoms with Gasteiger partial charge >= 0.3 is 0 Å². The number of rotatable bonds is 4. The summed E-state index contributed by atoms with van der Waals surface area (Å²) in [5.74, 6) is 0. The Morgan fingerprint density at radius 1 is 1.64 bits per heavy atom. The van der Waals surface area contributed by atoms with E-state index in [9.17, 15) is 5.11 Å². The number of nitrogens with zero attached hydrogens (tertiary/aromatic N) is 2. The Bertz CT molecular complexity index is 297. The highest BCUT2D eigenvalue weighted by atomic mass is 16.7. The minimum Gasteiger partial charge on any atom is -0.372 e. The van der Waals surface area contributed by atoms with Gasteiger partial charge in [-0.1, -0.05) is 12.6 Å². The van der Waals surface area contributed by atoms with Crippen LogP contribution in [0.2, 0.25) is 0 Å². The molecule has 0 amide bonds. The second kappa shape index (κ2) is 4.85. The summed E-state index contributed by atoms with van der Waals surface area (Å²) in [6.45, 7) is 3.60. The first kappa shape index (κ1) is 10.8. The van der Waals surface area contributed by atoms with Crippen LogP contribution < -0.4 is 0 Å². The monoisotopic (exact) mass is 194 g/mol. The zero-order chi connectivity index (χ0) is 10.6.